The largest absolute Gasteiger partial charge is 0.355 e. The number of nitrogens with two attached hydrogens (primary N) is 1. The molecule has 5 nitrogen and oxygen atoms in total. The van der Waals surface area contributed by atoms with Gasteiger partial charge >= 0.3 is 0 Å². The molecule has 1 aromatic carbocycles. The van der Waals surface area contributed by atoms with Gasteiger partial charge in [-0.1, -0.05) is 43.2 Å². The van der Waals surface area contributed by atoms with Crippen molar-refractivity contribution in [2.45, 2.75) is 44.1 Å². The molecule has 1 fully saturated rings. The molecular formula is C17H26ClN3O2. The Labute approximate surface area is 143 Å². The molecule has 1 aromatic rings. The van der Waals surface area contributed by atoms with Crippen molar-refractivity contribution in [2.24, 2.45) is 5.73 Å². The van der Waals surface area contributed by atoms with Gasteiger partial charge in [-0.25, -0.2) is 0 Å². The van der Waals surface area contributed by atoms with Gasteiger partial charge < -0.3 is 16.4 Å². The number of nitrogens with one attached hydrogen (secondary N) is 2. The second kappa shape index (κ2) is 9.53. The Morgan fingerprint density at radius 2 is 1.74 bits per heavy atom. The summed E-state index contributed by atoms with van der Waals surface area (Å²) in [5, 5.41) is 5.84. The average molecular weight is 340 g/mol. The van der Waals surface area contributed by atoms with E-state index in [0.717, 1.165) is 31.2 Å². The van der Waals surface area contributed by atoms with Crippen LogP contribution in [0.5, 0.6) is 0 Å². The van der Waals surface area contributed by atoms with Gasteiger partial charge in [0.05, 0.1) is 12.0 Å². The number of rotatable bonds is 7. The van der Waals surface area contributed by atoms with Gasteiger partial charge in [-0.2, -0.15) is 0 Å². The summed E-state index contributed by atoms with van der Waals surface area (Å²) in [5.74, 6) is -0.0965. The van der Waals surface area contributed by atoms with E-state index >= 15 is 0 Å². The molecule has 0 aliphatic heterocycles. The van der Waals surface area contributed by atoms with Crippen LogP contribution < -0.4 is 16.4 Å². The molecular weight excluding hydrogens is 314 g/mol. The number of hydrogen-bond donors (Lipinski definition) is 3. The van der Waals surface area contributed by atoms with Crippen LogP contribution in [0.15, 0.2) is 30.3 Å². The van der Waals surface area contributed by atoms with Gasteiger partial charge in [-0.3, -0.25) is 9.59 Å². The van der Waals surface area contributed by atoms with Gasteiger partial charge in [0.2, 0.25) is 11.8 Å². The Balaban J connectivity index is 0.00000264. The van der Waals surface area contributed by atoms with Gasteiger partial charge in [0.25, 0.3) is 0 Å². The average Bonchev–Trinajstić information content (AvgIpc) is 2.97. The summed E-state index contributed by atoms with van der Waals surface area (Å²) in [6.45, 7) is 0.845. The standard InChI is InChI=1S/C17H25N3O2.ClH/c18-13-17(9-4-5-10-17)20-15(21)8-11-19-16(22)12-14-6-2-1-3-7-14;/h1-3,6-7H,4-5,8-13,18H2,(H,19,22)(H,20,21);1H. The highest BCUT2D eigenvalue weighted by Crippen LogP contribution is 2.28. The monoisotopic (exact) mass is 339 g/mol. The lowest BCUT2D eigenvalue weighted by atomic mass is 9.97. The predicted molar refractivity (Wildman–Crippen MR) is 93.4 cm³/mol. The molecule has 0 heterocycles. The third-order valence-corrected chi connectivity index (χ3v) is 4.24. The fourth-order valence-corrected chi connectivity index (χ4v) is 2.95. The van der Waals surface area contributed by atoms with Crippen molar-refractivity contribution >= 4 is 24.2 Å². The Hall–Kier alpha value is -1.59. The minimum absolute atomic E-state index is 0. The van der Waals surface area contributed by atoms with Crippen molar-refractivity contribution in [3.05, 3.63) is 35.9 Å². The molecule has 1 saturated carbocycles. The van der Waals surface area contributed by atoms with E-state index in [1.807, 2.05) is 30.3 Å². The fourth-order valence-electron chi connectivity index (χ4n) is 2.95. The zero-order valence-electron chi connectivity index (χ0n) is 13.3. The summed E-state index contributed by atoms with van der Waals surface area (Å²) < 4.78 is 0. The van der Waals surface area contributed by atoms with Crippen LogP contribution in [0.2, 0.25) is 0 Å². The van der Waals surface area contributed by atoms with E-state index < -0.39 is 0 Å². The van der Waals surface area contributed by atoms with E-state index in [1.165, 1.54) is 0 Å². The first kappa shape index (κ1) is 19.5. The van der Waals surface area contributed by atoms with Gasteiger partial charge in [0.15, 0.2) is 0 Å². The van der Waals surface area contributed by atoms with E-state index in [1.54, 1.807) is 0 Å². The van der Waals surface area contributed by atoms with Crippen LogP contribution >= 0.6 is 12.4 Å². The van der Waals surface area contributed by atoms with Crippen LogP contribution in [0.1, 0.15) is 37.7 Å². The summed E-state index contributed by atoms with van der Waals surface area (Å²) >= 11 is 0. The minimum Gasteiger partial charge on any atom is -0.355 e. The van der Waals surface area contributed by atoms with Gasteiger partial charge in [0, 0.05) is 19.5 Å². The molecule has 2 rings (SSSR count). The molecule has 0 bridgehead atoms. The van der Waals surface area contributed by atoms with Crippen LogP contribution in [-0.4, -0.2) is 30.4 Å². The second-order valence-electron chi connectivity index (χ2n) is 6.00. The highest BCUT2D eigenvalue weighted by atomic mass is 35.5. The third kappa shape index (κ3) is 6.20. The van der Waals surface area contributed by atoms with Crippen molar-refractivity contribution in [3.8, 4) is 0 Å². The summed E-state index contributed by atoms with van der Waals surface area (Å²) in [7, 11) is 0. The zero-order chi connectivity index (χ0) is 15.8. The molecule has 23 heavy (non-hydrogen) atoms. The van der Waals surface area contributed by atoms with Crippen LogP contribution in [0.25, 0.3) is 0 Å². The maximum atomic E-state index is 12.0. The highest BCUT2D eigenvalue weighted by Gasteiger charge is 2.33. The summed E-state index contributed by atoms with van der Waals surface area (Å²) in [6.07, 6.45) is 4.78. The van der Waals surface area contributed by atoms with Crippen molar-refractivity contribution < 1.29 is 9.59 Å². The molecule has 6 heteroatoms. The maximum absolute atomic E-state index is 12.0. The first-order chi connectivity index (χ1) is 10.6. The van der Waals surface area contributed by atoms with Crippen LogP contribution in [0.3, 0.4) is 0 Å². The van der Waals surface area contributed by atoms with Gasteiger partial charge in [0.1, 0.15) is 0 Å². The van der Waals surface area contributed by atoms with Gasteiger partial charge in [-0.15, -0.1) is 12.4 Å². The lowest BCUT2D eigenvalue weighted by molar-refractivity contribution is -0.123. The predicted octanol–water partition coefficient (Wildman–Crippen LogP) is 1.54. The minimum atomic E-state index is -0.217. The topological polar surface area (TPSA) is 84.2 Å². The summed E-state index contributed by atoms with van der Waals surface area (Å²) in [6, 6.07) is 9.56. The number of amides is 2. The normalized spacial score (nSPS) is 15.5. The lowest BCUT2D eigenvalue weighted by Gasteiger charge is -2.28. The van der Waals surface area contributed by atoms with Crippen molar-refractivity contribution in [1.29, 1.82) is 0 Å². The second-order valence-corrected chi connectivity index (χ2v) is 6.00. The van der Waals surface area contributed by atoms with E-state index in [9.17, 15) is 9.59 Å². The molecule has 2 amide bonds. The quantitative estimate of drug-likeness (QED) is 0.704. The molecule has 1 aliphatic carbocycles. The summed E-state index contributed by atoms with van der Waals surface area (Å²) in [4.78, 5) is 23.8. The van der Waals surface area contributed by atoms with Crippen LogP contribution in [-0.2, 0) is 16.0 Å². The fraction of sp³-hybridized carbons (Fsp3) is 0.529. The SMILES string of the molecule is Cl.NCC1(NC(=O)CCNC(=O)Cc2ccccc2)CCCC1. The Kier molecular flexibility index (Phi) is 8.06. The first-order valence-corrected chi connectivity index (χ1v) is 7.95. The molecule has 1 aliphatic rings. The molecule has 0 radical (unpaired) electrons. The number of carbonyl (C=O) groups excluding carboxylic acids is 2. The summed E-state index contributed by atoms with van der Waals surface area (Å²) in [5.41, 5.74) is 6.55. The molecule has 0 atom stereocenters. The molecule has 4 N–H and O–H groups in total. The molecule has 128 valence electrons. The number of carbonyl (C=O) groups is 2. The van der Waals surface area contributed by atoms with Crippen molar-refractivity contribution in [1.82, 2.24) is 10.6 Å². The van der Waals surface area contributed by atoms with Crippen LogP contribution in [0.4, 0.5) is 0 Å². The number of hydrogen-bond acceptors (Lipinski definition) is 3. The van der Waals surface area contributed by atoms with E-state index in [2.05, 4.69) is 10.6 Å². The van der Waals surface area contributed by atoms with Crippen LogP contribution in [0, 0.1) is 0 Å². The maximum Gasteiger partial charge on any atom is 0.224 e. The molecule has 0 saturated heterocycles. The van der Waals surface area contributed by atoms with Gasteiger partial charge in [-0.05, 0) is 18.4 Å². The van der Waals surface area contributed by atoms with Crippen molar-refractivity contribution in [3.63, 3.8) is 0 Å². The lowest BCUT2D eigenvalue weighted by Crippen LogP contribution is -2.52. The van der Waals surface area contributed by atoms with E-state index in [-0.39, 0.29) is 29.8 Å². The number of benzene rings is 1. The Bertz CT molecular complexity index is 502. The molecule has 0 aromatic heterocycles. The number of halogens is 1. The Morgan fingerprint density at radius 3 is 2.35 bits per heavy atom. The molecule has 0 spiro atoms. The van der Waals surface area contributed by atoms with E-state index in [4.69, 9.17) is 5.73 Å². The third-order valence-electron chi connectivity index (χ3n) is 4.24. The Morgan fingerprint density at radius 1 is 1.09 bits per heavy atom. The highest BCUT2D eigenvalue weighted by molar-refractivity contribution is 5.85. The molecule has 0 unspecified atom stereocenters. The zero-order valence-corrected chi connectivity index (χ0v) is 14.2. The van der Waals surface area contributed by atoms with E-state index in [0.29, 0.717) is 25.9 Å². The first-order valence-electron chi connectivity index (χ1n) is 7.95. The smallest absolute Gasteiger partial charge is 0.224 e. The van der Waals surface area contributed by atoms with Crippen molar-refractivity contribution in [2.75, 3.05) is 13.1 Å².